The molecule has 5 heteroatoms. The molecule has 0 saturated heterocycles. The summed E-state index contributed by atoms with van der Waals surface area (Å²) in [5.74, 6) is 0.811. The van der Waals surface area contributed by atoms with E-state index in [1.54, 1.807) is 16.9 Å². The first kappa shape index (κ1) is 11.5. The normalized spacial score (nSPS) is 18.9. The van der Waals surface area contributed by atoms with E-state index in [9.17, 15) is 5.11 Å². The fraction of sp³-hybridized carbons (Fsp3) is 0.538. The summed E-state index contributed by atoms with van der Waals surface area (Å²) in [6.45, 7) is 0.157. The highest BCUT2D eigenvalue weighted by Gasteiger charge is 2.32. The number of nitrogens with one attached hydrogen (secondary N) is 1. The van der Waals surface area contributed by atoms with Crippen LogP contribution in [-0.2, 0) is 0 Å². The SMILES string of the molecule is OCC1(Nc2nccn3nccc23)CCCCC1. The number of hydrogen-bond acceptors (Lipinski definition) is 4. The van der Waals surface area contributed by atoms with Crippen LogP contribution in [-0.4, -0.2) is 31.9 Å². The van der Waals surface area contributed by atoms with E-state index in [2.05, 4.69) is 15.4 Å². The summed E-state index contributed by atoms with van der Waals surface area (Å²) in [6.07, 6.45) is 10.9. The predicted octanol–water partition coefficient (Wildman–Crippen LogP) is 1.84. The summed E-state index contributed by atoms with van der Waals surface area (Å²) in [7, 11) is 0. The van der Waals surface area contributed by atoms with Gasteiger partial charge in [-0.05, 0) is 18.9 Å². The van der Waals surface area contributed by atoms with Gasteiger partial charge in [0.25, 0.3) is 0 Å². The second-order valence-electron chi connectivity index (χ2n) is 5.06. The van der Waals surface area contributed by atoms with Gasteiger partial charge in [-0.15, -0.1) is 0 Å². The number of nitrogens with zero attached hydrogens (tertiary/aromatic N) is 3. The van der Waals surface area contributed by atoms with Gasteiger partial charge in [0.2, 0.25) is 0 Å². The zero-order chi connectivity index (χ0) is 12.4. The van der Waals surface area contributed by atoms with Crippen LogP contribution in [0.2, 0.25) is 0 Å². The fourth-order valence-electron chi connectivity index (χ4n) is 2.76. The molecule has 1 aliphatic carbocycles. The molecule has 18 heavy (non-hydrogen) atoms. The van der Waals surface area contributed by atoms with Gasteiger partial charge in [-0.1, -0.05) is 19.3 Å². The minimum Gasteiger partial charge on any atom is -0.394 e. The van der Waals surface area contributed by atoms with Crippen LogP contribution in [0.15, 0.2) is 24.7 Å². The Labute approximate surface area is 106 Å². The average molecular weight is 246 g/mol. The monoisotopic (exact) mass is 246 g/mol. The number of anilines is 1. The van der Waals surface area contributed by atoms with Gasteiger partial charge in [0, 0.05) is 12.4 Å². The number of rotatable bonds is 3. The van der Waals surface area contributed by atoms with Crippen molar-refractivity contribution in [2.75, 3.05) is 11.9 Å². The van der Waals surface area contributed by atoms with E-state index in [-0.39, 0.29) is 12.1 Å². The number of aliphatic hydroxyl groups excluding tert-OH is 1. The van der Waals surface area contributed by atoms with Gasteiger partial charge in [-0.2, -0.15) is 5.10 Å². The second kappa shape index (κ2) is 4.57. The van der Waals surface area contributed by atoms with Crippen molar-refractivity contribution in [1.82, 2.24) is 14.6 Å². The van der Waals surface area contributed by atoms with Crippen molar-refractivity contribution in [3.63, 3.8) is 0 Å². The summed E-state index contributed by atoms with van der Waals surface area (Å²) >= 11 is 0. The molecule has 1 saturated carbocycles. The smallest absolute Gasteiger partial charge is 0.152 e. The average Bonchev–Trinajstić information content (AvgIpc) is 2.89. The Morgan fingerprint density at radius 3 is 2.89 bits per heavy atom. The second-order valence-corrected chi connectivity index (χ2v) is 5.06. The zero-order valence-corrected chi connectivity index (χ0v) is 10.3. The van der Waals surface area contributed by atoms with Crippen molar-refractivity contribution >= 4 is 11.3 Å². The lowest BCUT2D eigenvalue weighted by Gasteiger charge is -2.37. The molecule has 1 fully saturated rings. The maximum Gasteiger partial charge on any atom is 0.152 e. The third kappa shape index (κ3) is 1.95. The van der Waals surface area contributed by atoms with Crippen molar-refractivity contribution in [2.45, 2.75) is 37.6 Å². The highest BCUT2D eigenvalue weighted by atomic mass is 16.3. The van der Waals surface area contributed by atoms with E-state index < -0.39 is 0 Å². The summed E-state index contributed by atoms with van der Waals surface area (Å²) in [5, 5.41) is 17.4. The number of hydrogen-bond donors (Lipinski definition) is 2. The Bertz CT molecular complexity index is 531. The molecular formula is C13H18N4O. The van der Waals surface area contributed by atoms with Gasteiger partial charge in [0.15, 0.2) is 5.82 Å². The molecule has 2 heterocycles. The van der Waals surface area contributed by atoms with Gasteiger partial charge < -0.3 is 10.4 Å². The van der Waals surface area contributed by atoms with Crippen molar-refractivity contribution in [3.8, 4) is 0 Å². The Balaban J connectivity index is 1.92. The number of aliphatic hydroxyl groups is 1. The molecule has 0 radical (unpaired) electrons. The minimum atomic E-state index is -0.211. The van der Waals surface area contributed by atoms with Crippen molar-refractivity contribution in [3.05, 3.63) is 24.7 Å². The quantitative estimate of drug-likeness (QED) is 0.867. The molecule has 0 atom stereocenters. The Hall–Kier alpha value is -1.62. The third-order valence-corrected chi connectivity index (χ3v) is 3.82. The predicted molar refractivity (Wildman–Crippen MR) is 69.5 cm³/mol. The fourth-order valence-corrected chi connectivity index (χ4v) is 2.76. The molecule has 1 aliphatic rings. The standard InChI is InChI=1S/C13H18N4O/c18-10-13(5-2-1-3-6-13)16-12-11-4-7-15-17(11)9-8-14-12/h4,7-9,18H,1-3,5-6,10H2,(H,14,16). The van der Waals surface area contributed by atoms with E-state index in [0.717, 1.165) is 37.0 Å². The van der Waals surface area contributed by atoms with E-state index in [4.69, 9.17) is 0 Å². The first-order chi connectivity index (χ1) is 8.83. The van der Waals surface area contributed by atoms with E-state index in [0.29, 0.717) is 0 Å². The van der Waals surface area contributed by atoms with Crippen LogP contribution in [0, 0.1) is 0 Å². The summed E-state index contributed by atoms with van der Waals surface area (Å²) in [6, 6.07) is 1.93. The molecule has 2 aromatic heterocycles. The maximum atomic E-state index is 9.71. The molecule has 0 unspecified atom stereocenters. The zero-order valence-electron chi connectivity index (χ0n) is 10.3. The Morgan fingerprint density at radius 2 is 2.11 bits per heavy atom. The molecule has 0 aliphatic heterocycles. The van der Waals surface area contributed by atoms with Crippen LogP contribution in [0.25, 0.3) is 5.52 Å². The molecule has 3 rings (SSSR count). The lowest BCUT2D eigenvalue weighted by Crippen LogP contribution is -2.44. The van der Waals surface area contributed by atoms with Gasteiger partial charge >= 0.3 is 0 Å². The summed E-state index contributed by atoms with van der Waals surface area (Å²) < 4.78 is 1.79. The molecule has 0 spiro atoms. The Kier molecular flexibility index (Phi) is 2.91. The van der Waals surface area contributed by atoms with Gasteiger partial charge in [-0.3, -0.25) is 0 Å². The first-order valence-electron chi connectivity index (χ1n) is 6.50. The number of fused-ring (bicyclic) bond motifs is 1. The minimum absolute atomic E-state index is 0.157. The van der Waals surface area contributed by atoms with Crippen LogP contribution < -0.4 is 5.32 Å². The van der Waals surface area contributed by atoms with Gasteiger partial charge in [0.05, 0.1) is 18.3 Å². The van der Waals surface area contributed by atoms with Crippen molar-refractivity contribution < 1.29 is 5.11 Å². The molecule has 0 aromatic carbocycles. The van der Waals surface area contributed by atoms with Crippen LogP contribution in [0.3, 0.4) is 0 Å². The first-order valence-corrected chi connectivity index (χ1v) is 6.50. The van der Waals surface area contributed by atoms with Crippen LogP contribution in [0.1, 0.15) is 32.1 Å². The maximum absolute atomic E-state index is 9.71. The largest absolute Gasteiger partial charge is 0.394 e. The van der Waals surface area contributed by atoms with Crippen LogP contribution >= 0.6 is 0 Å². The van der Waals surface area contributed by atoms with E-state index in [1.165, 1.54) is 6.42 Å². The summed E-state index contributed by atoms with van der Waals surface area (Å²) in [4.78, 5) is 4.38. The lowest BCUT2D eigenvalue weighted by atomic mass is 9.82. The molecule has 2 aromatic rings. The molecule has 96 valence electrons. The lowest BCUT2D eigenvalue weighted by molar-refractivity contribution is 0.172. The van der Waals surface area contributed by atoms with Gasteiger partial charge in [0.1, 0.15) is 5.52 Å². The van der Waals surface area contributed by atoms with Gasteiger partial charge in [-0.25, -0.2) is 9.50 Å². The van der Waals surface area contributed by atoms with Crippen molar-refractivity contribution in [1.29, 1.82) is 0 Å². The summed E-state index contributed by atoms with van der Waals surface area (Å²) in [5.41, 5.74) is 0.744. The number of aromatic nitrogens is 3. The molecule has 2 N–H and O–H groups in total. The molecule has 0 bridgehead atoms. The Morgan fingerprint density at radius 1 is 1.28 bits per heavy atom. The molecule has 5 nitrogen and oxygen atoms in total. The topological polar surface area (TPSA) is 62.5 Å². The third-order valence-electron chi connectivity index (χ3n) is 3.82. The highest BCUT2D eigenvalue weighted by Crippen LogP contribution is 2.31. The molecular weight excluding hydrogens is 228 g/mol. The van der Waals surface area contributed by atoms with Crippen LogP contribution in [0.5, 0.6) is 0 Å². The highest BCUT2D eigenvalue weighted by molar-refractivity contribution is 5.67. The van der Waals surface area contributed by atoms with E-state index in [1.807, 2.05) is 12.3 Å². The van der Waals surface area contributed by atoms with Crippen molar-refractivity contribution in [2.24, 2.45) is 0 Å². The van der Waals surface area contributed by atoms with Crippen LogP contribution in [0.4, 0.5) is 5.82 Å². The van der Waals surface area contributed by atoms with E-state index >= 15 is 0 Å². The molecule has 0 amide bonds.